The van der Waals surface area contributed by atoms with Crippen LogP contribution in [-0.2, 0) is 10.0 Å². The predicted octanol–water partition coefficient (Wildman–Crippen LogP) is 0.342. The van der Waals surface area contributed by atoms with Gasteiger partial charge in [0.2, 0.25) is 10.0 Å². The molecule has 2 rings (SSSR count). The molecule has 1 unspecified atom stereocenters. The van der Waals surface area contributed by atoms with Crippen LogP contribution < -0.4 is 5.32 Å². The summed E-state index contributed by atoms with van der Waals surface area (Å²) in [5.41, 5.74) is 0. The van der Waals surface area contributed by atoms with Gasteiger partial charge in [-0.1, -0.05) is 0 Å². The molecule has 6 heteroatoms. The normalized spacial score (nSPS) is 28.6. The Morgan fingerprint density at radius 1 is 1.16 bits per heavy atom. The molecular formula is C13H27N3O2S. The molecule has 112 valence electrons. The summed E-state index contributed by atoms with van der Waals surface area (Å²) in [5, 5.41) is 3.34. The van der Waals surface area contributed by atoms with E-state index >= 15 is 0 Å². The maximum atomic E-state index is 11.6. The molecule has 0 amide bonds. The number of hydrogen-bond acceptors (Lipinski definition) is 4. The Bertz CT molecular complexity index is 377. The van der Waals surface area contributed by atoms with Crippen LogP contribution in [0.15, 0.2) is 0 Å². The number of piperidine rings is 2. The van der Waals surface area contributed by atoms with Crippen molar-refractivity contribution < 1.29 is 8.42 Å². The molecule has 0 radical (unpaired) electrons. The zero-order valence-electron chi connectivity index (χ0n) is 12.1. The summed E-state index contributed by atoms with van der Waals surface area (Å²) in [6.07, 6.45) is 5.91. The smallest absolute Gasteiger partial charge is 0.211 e. The highest BCUT2D eigenvalue weighted by atomic mass is 32.2. The van der Waals surface area contributed by atoms with Crippen molar-refractivity contribution in [3.8, 4) is 0 Å². The van der Waals surface area contributed by atoms with Crippen molar-refractivity contribution in [1.82, 2.24) is 14.5 Å². The van der Waals surface area contributed by atoms with Crippen LogP contribution in [0.4, 0.5) is 0 Å². The lowest BCUT2D eigenvalue weighted by molar-refractivity contribution is 0.146. The fourth-order valence-electron chi connectivity index (χ4n) is 3.25. The van der Waals surface area contributed by atoms with Crippen LogP contribution >= 0.6 is 0 Å². The highest BCUT2D eigenvalue weighted by Gasteiger charge is 2.28. The van der Waals surface area contributed by atoms with Crippen LogP contribution in [0.3, 0.4) is 0 Å². The van der Waals surface area contributed by atoms with Crippen LogP contribution in [0.1, 0.15) is 25.7 Å². The van der Waals surface area contributed by atoms with Crippen molar-refractivity contribution in [2.24, 2.45) is 5.92 Å². The van der Waals surface area contributed by atoms with Gasteiger partial charge in [-0.3, -0.25) is 0 Å². The molecule has 0 spiro atoms. The number of hydrogen-bond donors (Lipinski definition) is 1. The van der Waals surface area contributed by atoms with E-state index in [-0.39, 0.29) is 0 Å². The summed E-state index contributed by atoms with van der Waals surface area (Å²) < 4.78 is 24.9. The first-order chi connectivity index (χ1) is 8.99. The quantitative estimate of drug-likeness (QED) is 0.811. The largest absolute Gasteiger partial charge is 0.317 e. The minimum atomic E-state index is -3.01. The number of sulfonamides is 1. The number of nitrogens with zero attached hydrogens (tertiary/aromatic N) is 2. The predicted molar refractivity (Wildman–Crippen MR) is 77.7 cm³/mol. The van der Waals surface area contributed by atoms with Gasteiger partial charge in [-0.2, -0.15) is 0 Å². The van der Waals surface area contributed by atoms with Gasteiger partial charge in [-0.05, 0) is 51.7 Å². The van der Waals surface area contributed by atoms with Gasteiger partial charge in [0.15, 0.2) is 0 Å². The van der Waals surface area contributed by atoms with E-state index in [2.05, 4.69) is 10.2 Å². The summed E-state index contributed by atoms with van der Waals surface area (Å²) in [7, 11) is -0.974. The van der Waals surface area contributed by atoms with Gasteiger partial charge >= 0.3 is 0 Å². The van der Waals surface area contributed by atoms with Crippen LogP contribution in [0.25, 0.3) is 0 Å². The highest BCUT2D eigenvalue weighted by molar-refractivity contribution is 7.88. The lowest BCUT2D eigenvalue weighted by Crippen LogP contribution is -2.46. The molecule has 2 fully saturated rings. The fourth-order valence-corrected chi connectivity index (χ4v) is 4.19. The van der Waals surface area contributed by atoms with Crippen LogP contribution in [0.2, 0.25) is 0 Å². The standard InChI is InChI=1S/C13H27N3O2S/c1-14-13-5-8-15(9-6-13)10-12-4-3-7-16(11-12)19(2,17)18/h12-14H,3-11H2,1-2H3. The lowest BCUT2D eigenvalue weighted by atomic mass is 9.97. The Hall–Kier alpha value is -0.170. The van der Waals surface area contributed by atoms with Crippen LogP contribution in [-0.4, -0.2) is 69.7 Å². The molecular weight excluding hydrogens is 262 g/mol. The molecule has 1 N–H and O–H groups in total. The number of nitrogens with one attached hydrogen (secondary N) is 1. The van der Waals surface area contributed by atoms with Crippen LogP contribution in [0, 0.1) is 5.92 Å². The molecule has 2 aliphatic rings. The molecule has 19 heavy (non-hydrogen) atoms. The summed E-state index contributed by atoms with van der Waals surface area (Å²) >= 11 is 0. The topological polar surface area (TPSA) is 52.6 Å². The van der Waals surface area contributed by atoms with Crippen molar-refractivity contribution >= 4 is 10.0 Å². The fraction of sp³-hybridized carbons (Fsp3) is 1.00. The first-order valence-corrected chi connectivity index (χ1v) is 9.18. The Balaban J connectivity index is 1.80. The zero-order valence-corrected chi connectivity index (χ0v) is 13.0. The monoisotopic (exact) mass is 289 g/mol. The van der Waals surface area contributed by atoms with E-state index in [0.717, 1.165) is 32.5 Å². The van der Waals surface area contributed by atoms with Gasteiger partial charge in [0.05, 0.1) is 6.26 Å². The minimum Gasteiger partial charge on any atom is -0.317 e. The second-order valence-corrected chi connectivity index (χ2v) is 7.98. The molecule has 5 nitrogen and oxygen atoms in total. The molecule has 0 aliphatic carbocycles. The maximum Gasteiger partial charge on any atom is 0.211 e. The van der Waals surface area contributed by atoms with E-state index in [1.165, 1.54) is 19.1 Å². The number of rotatable bonds is 4. The first-order valence-electron chi connectivity index (χ1n) is 7.34. The van der Waals surface area contributed by atoms with E-state index in [4.69, 9.17) is 0 Å². The van der Waals surface area contributed by atoms with Crippen molar-refractivity contribution in [3.05, 3.63) is 0 Å². The van der Waals surface area contributed by atoms with Gasteiger partial charge in [-0.15, -0.1) is 0 Å². The van der Waals surface area contributed by atoms with E-state index in [0.29, 0.717) is 25.0 Å². The third-order valence-corrected chi connectivity index (χ3v) is 5.73. The van der Waals surface area contributed by atoms with Crippen LogP contribution in [0.5, 0.6) is 0 Å². The molecule has 0 bridgehead atoms. The highest BCUT2D eigenvalue weighted by Crippen LogP contribution is 2.21. The van der Waals surface area contributed by atoms with Crippen molar-refractivity contribution in [2.75, 3.05) is 46.0 Å². The Morgan fingerprint density at radius 3 is 2.42 bits per heavy atom. The second kappa shape index (κ2) is 6.52. The van der Waals surface area contributed by atoms with Crippen molar-refractivity contribution in [2.45, 2.75) is 31.7 Å². The molecule has 0 aromatic heterocycles. The third kappa shape index (κ3) is 4.41. The molecule has 1 atom stereocenters. The lowest BCUT2D eigenvalue weighted by Gasteiger charge is -2.37. The minimum absolute atomic E-state index is 0.509. The molecule has 0 aromatic carbocycles. The Morgan fingerprint density at radius 2 is 1.84 bits per heavy atom. The Kier molecular flexibility index (Phi) is 5.22. The summed E-state index contributed by atoms with van der Waals surface area (Å²) in [5.74, 6) is 0.509. The Labute approximate surface area is 117 Å². The molecule has 2 saturated heterocycles. The third-order valence-electron chi connectivity index (χ3n) is 4.46. The van der Waals surface area contributed by atoms with Gasteiger partial charge < -0.3 is 10.2 Å². The molecule has 0 aromatic rings. The van der Waals surface area contributed by atoms with E-state index < -0.39 is 10.0 Å². The van der Waals surface area contributed by atoms with Gasteiger partial charge in [-0.25, -0.2) is 12.7 Å². The van der Waals surface area contributed by atoms with Gasteiger partial charge in [0.25, 0.3) is 0 Å². The summed E-state index contributed by atoms with van der Waals surface area (Å²) in [6.45, 7) is 4.76. The van der Waals surface area contributed by atoms with E-state index in [1.807, 2.05) is 7.05 Å². The van der Waals surface area contributed by atoms with Crippen molar-refractivity contribution in [1.29, 1.82) is 0 Å². The molecule has 2 aliphatic heterocycles. The average molecular weight is 289 g/mol. The molecule has 0 saturated carbocycles. The van der Waals surface area contributed by atoms with E-state index in [9.17, 15) is 8.42 Å². The van der Waals surface area contributed by atoms with Crippen molar-refractivity contribution in [3.63, 3.8) is 0 Å². The summed E-state index contributed by atoms with van der Waals surface area (Å²) in [4.78, 5) is 2.50. The summed E-state index contributed by atoms with van der Waals surface area (Å²) in [6, 6.07) is 0.662. The second-order valence-electron chi connectivity index (χ2n) is 5.99. The van der Waals surface area contributed by atoms with Gasteiger partial charge in [0, 0.05) is 25.7 Å². The number of likely N-dealkylation sites (tertiary alicyclic amines) is 1. The molecule has 2 heterocycles. The first kappa shape index (κ1) is 15.2. The zero-order chi connectivity index (χ0) is 13.9. The maximum absolute atomic E-state index is 11.6. The van der Waals surface area contributed by atoms with Gasteiger partial charge in [0.1, 0.15) is 0 Å². The van der Waals surface area contributed by atoms with E-state index in [1.54, 1.807) is 4.31 Å². The SMILES string of the molecule is CNC1CCN(CC2CCCN(S(C)(=O)=O)C2)CC1. The average Bonchev–Trinajstić information content (AvgIpc) is 2.39.